The zero-order valence-electron chi connectivity index (χ0n) is 9.43. The Bertz CT molecular complexity index is 383. The summed E-state index contributed by atoms with van der Waals surface area (Å²) in [5.74, 6) is 1.17. The van der Waals surface area contributed by atoms with E-state index in [1.54, 1.807) is 20.1 Å². The largest absolute Gasteiger partial charge is 0.496 e. The SMILES string of the molecule is COc1cc(C(C)=O)cc(Br)c1C(C)C. The van der Waals surface area contributed by atoms with Crippen LogP contribution in [0.25, 0.3) is 0 Å². The van der Waals surface area contributed by atoms with Crippen LogP contribution in [0.5, 0.6) is 5.75 Å². The van der Waals surface area contributed by atoms with Crippen LogP contribution in [0.2, 0.25) is 0 Å². The summed E-state index contributed by atoms with van der Waals surface area (Å²) in [5, 5.41) is 0. The first-order chi connectivity index (χ1) is 6.97. The molecule has 0 aromatic heterocycles. The number of ketones is 1. The van der Waals surface area contributed by atoms with E-state index in [0.29, 0.717) is 11.5 Å². The molecule has 0 N–H and O–H groups in total. The Morgan fingerprint density at radius 2 is 2.00 bits per heavy atom. The van der Waals surface area contributed by atoms with Crippen molar-refractivity contribution in [3.05, 3.63) is 27.7 Å². The lowest BCUT2D eigenvalue weighted by Crippen LogP contribution is -2.00. The second kappa shape index (κ2) is 4.79. The number of Topliss-reactive ketones (excluding diaryl/α,β-unsaturated/α-hetero) is 1. The highest BCUT2D eigenvalue weighted by molar-refractivity contribution is 9.10. The first-order valence-electron chi connectivity index (χ1n) is 4.85. The third kappa shape index (κ3) is 2.59. The van der Waals surface area contributed by atoms with E-state index in [9.17, 15) is 4.79 Å². The Balaban J connectivity index is 3.37. The Hall–Kier alpha value is -0.830. The number of carbonyl (C=O) groups is 1. The molecule has 0 saturated carbocycles. The molecule has 0 aliphatic heterocycles. The van der Waals surface area contributed by atoms with Gasteiger partial charge in [0.15, 0.2) is 5.78 Å². The quantitative estimate of drug-likeness (QED) is 0.782. The van der Waals surface area contributed by atoms with E-state index < -0.39 is 0 Å². The van der Waals surface area contributed by atoms with Crippen molar-refractivity contribution in [1.29, 1.82) is 0 Å². The van der Waals surface area contributed by atoms with Crippen LogP contribution in [-0.4, -0.2) is 12.9 Å². The molecule has 15 heavy (non-hydrogen) atoms. The predicted octanol–water partition coefficient (Wildman–Crippen LogP) is 3.78. The lowest BCUT2D eigenvalue weighted by Gasteiger charge is -2.15. The van der Waals surface area contributed by atoms with Crippen LogP contribution >= 0.6 is 15.9 Å². The number of hydrogen-bond acceptors (Lipinski definition) is 2. The minimum absolute atomic E-state index is 0.0457. The molecular weight excluding hydrogens is 256 g/mol. The highest BCUT2D eigenvalue weighted by Gasteiger charge is 2.14. The smallest absolute Gasteiger partial charge is 0.159 e. The van der Waals surface area contributed by atoms with Gasteiger partial charge in [-0.05, 0) is 25.0 Å². The van der Waals surface area contributed by atoms with E-state index in [-0.39, 0.29) is 5.78 Å². The second-order valence-electron chi connectivity index (χ2n) is 3.78. The molecule has 0 heterocycles. The Morgan fingerprint density at radius 3 is 2.40 bits per heavy atom. The molecule has 2 nitrogen and oxygen atoms in total. The van der Waals surface area contributed by atoms with Crippen molar-refractivity contribution in [2.24, 2.45) is 0 Å². The third-order valence-electron chi connectivity index (χ3n) is 2.30. The van der Waals surface area contributed by atoms with Crippen LogP contribution in [-0.2, 0) is 0 Å². The normalized spacial score (nSPS) is 10.5. The molecule has 0 aliphatic carbocycles. The van der Waals surface area contributed by atoms with Crippen molar-refractivity contribution in [1.82, 2.24) is 0 Å². The summed E-state index contributed by atoms with van der Waals surface area (Å²) in [5.41, 5.74) is 1.77. The summed E-state index contributed by atoms with van der Waals surface area (Å²) in [6.07, 6.45) is 0. The van der Waals surface area contributed by atoms with Crippen molar-refractivity contribution in [3.63, 3.8) is 0 Å². The molecular formula is C12H15BrO2. The Labute approximate surface area is 98.8 Å². The maximum Gasteiger partial charge on any atom is 0.159 e. The number of methoxy groups -OCH3 is 1. The van der Waals surface area contributed by atoms with Crippen molar-refractivity contribution < 1.29 is 9.53 Å². The van der Waals surface area contributed by atoms with Gasteiger partial charge in [-0.2, -0.15) is 0 Å². The lowest BCUT2D eigenvalue weighted by atomic mass is 9.99. The first kappa shape index (κ1) is 12.2. The van der Waals surface area contributed by atoms with Crippen LogP contribution in [0, 0.1) is 0 Å². The number of halogens is 1. The highest BCUT2D eigenvalue weighted by atomic mass is 79.9. The molecule has 0 spiro atoms. The van der Waals surface area contributed by atoms with Gasteiger partial charge in [0.25, 0.3) is 0 Å². The number of rotatable bonds is 3. The zero-order chi connectivity index (χ0) is 11.6. The molecule has 0 aliphatic rings. The molecule has 0 amide bonds. The van der Waals surface area contributed by atoms with Gasteiger partial charge in [-0.1, -0.05) is 29.8 Å². The maximum atomic E-state index is 11.3. The van der Waals surface area contributed by atoms with Crippen molar-refractivity contribution in [2.75, 3.05) is 7.11 Å². The van der Waals surface area contributed by atoms with E-state index >= 15 is 0 Å². The fraction of sp³-hybridized carbons (Fsp3) is 0.417. The summed E-state index contributed by atoms with van der Waals surface area (Å²) in [6.45, 7) is 5.74. The van der Waals surface area contributed by atoms with E-state index in [1.165, 1.54) is 0 Å². The average Bonchev–Trinajstić information content (AvgIpc) is 2.15. The molecule has 0 bridgehead atoms. The molecule has 0 saturated heterocycles. The Kier molecular flexibility index (Phi) is 3.91. The van der Waals surface area contributed by atoms with Crippen LogP contribution in [0.1, 0.15) is 42.6 Å². The molecule has 82 valence electrons. The maximum absolute atomic E-state index is 11.3. The van der Waals surface area contributed by atoms with Gasteiger partial charge in [0.2, 0.25) is 0 Å². The van der Waals surface area contributed by atoms with Gasteiger partial charge in [0.05, 0.1) is 7.11 Å². The average molecular weight is 271 g/mol. The van der Waals surface area contributed by atoms with Crippen molar-refractivity contribution >= 4 is 21.7 Å². The molecule has 3 heteroatoms. The van der Waals surface area contributed by atoms with Gasteiger partial charge < -0.3 is 4.74 Å². The van der Waals surface area contributed by atoms with Crippen molar-refractivity contribution in [3.8, 4) is 5.75 Å². The molecule has 1 aromatic rings. The third-order valence-corrected chi connectivity index (χ3v) is 2.95. The molecule has 0 unspecified atom stereocenters. The predicted molar refractivity (Wildman–Crippen MR) is 64.8 cm³/mol. The topological polar surface area (TPSA) is 26.3 Å². The fourth-order valence-electron chi connectivity index (χ4n) is 1.53. The van der Waals surface area contributed by atoms with E-state index in [2.05, 4.69) is 29.8 Å². The van der Waals surface area contributed by atoms with Gasteiger partial charge in [-0.25, -0.2) is 0 Å². The van der Waals surface area contributed by atoms with Crippen LogP contribution in [0.15, 0.2) is 16.6 Å². The number of benzene rings is 1. The second-order valence-corrected chi connectivity index (χ2v) is 4.64. The molecule has 0 radical (unpaired) electrons. The molecule has 0 fully saturated rings. The Morgan fingerprint density at radius 1 is 1.40 bits per heavy atom. The first-order valence-corrected chi connectivity index (χ1v) is 5.65. The van der Waals surface area contributed by atoms with E-state index in [1.807, 2.05) is 6.07 Å². The molecule has 1 aromatic carbocycles. The fourth-order valence-corrected chi connectivity index (χ4v) is 2.42. The highest BCUT2D eigenvalue weighted by Crippen LogP contribution is 2.34. The monoisotopic (exact) mass is 270 g/mol. The minimum atomic E-state index is 0.0457. The van der Waals surface area contributed by atoms with Crippen LogP contribution < -0.4 is 4.74 Å². The van der Waals surface area contributed by atoms with Gasteiger partial charge in [-0.15, -0.1) is 0 Å². The summed E-state index contributed by atoms with van der Waals surface area (Å²) >= 11 is 3.48. The molecule has 0 atom stereocenters. The van der Waals surface area contributed by atoms with Crippen LogP contribution in [0.3, 0.4) is 0 Å². The number of ether oxygens (including phenoxy) is 1. The molecule has 1 rings (SSSR count). The summed E-state index contributed by atoms with van der Waals surface area (Å²) < 4.78 is 6.23. The van der Waals surface area contributed by atoms with E-state index in [0.717, 1.165) is 15.8 Å². The van der Waals surface area contributed by atoms with Crippen molar-refractivity contribution in [2.45, 2.75) is 26.7 Å². The summed E-state index contributed by atoms with van der Waals surface area (Å²) in [7, 11) is 1.62. The van der Waals surface area contributed by atoms with Gasteiger partial charge in [0.1, 0.15) is 5.75 Å². The van der Waals surface area contributed by atoms with Gasteiger partial charge in [-0.3, -0.25) is 4.79 Å². The standard InChI is InChI=1S/C12H15BrO2/c1-7(2)12-10(13)5-9(8(3)14)6-11(12)15-4/h5-7H,1-4H3. The van der Waals surface area contributed by atoms with Gasteiger partial charge in [0, 0.05) is 15.6 Å². The summed E-state index contributed by atoms with van der Waals surface area (Å²) in [6, 6.07) is 3.64. The minimum Gasteiger partial charge on any atom is -0.496 e. The zero-order valence-corrected chi connectivity index (χ0v) is 11.0. The summed E-state index contributed by atoms with van der Waals surface area (Å²) in [4.78, 5) is 11.3. The number of hydrogen-bond donors (Lipinski definition) is 0. The van der Waals surface area contributed by atoms with Crippen LogP contribution in [0.4, 0.5) is 0 Å². The van der Waals surface area contributed by atoms with Gasteiger partial charge >= 0.3 is 0 Å². The lowest BCUT2D eigenvalue weighted by molar-refractivity contribution is 0.101. The number of carbonyl (C=O) groups excluding carboxylic acids is 1. The van der Waals surface area contributed by atoms with E-state index in [4.69, 9.17) is 4.74 Å².